The van der Waals surface area contributed by atoms with Crippen molar-refractivity contribution in [2.24, 2.45) is 0 Å². The Morgan fingerprint density at radius 2 is 1.94 bits per heavy atom. The summed E-state index contributed by atoms with van der Waals surface area (Å²) in [6.07, 6.45) is 7.59. The topological polar surface area (TPSA) is 59.1 Å². The summed E-state index contributed by atoms with van der Waals surface area (Å²) in [6, 6.07) is 0. The summed E-state index contributed by atoms with van der Waals surface area (Å²) in [5, 5.41) is 10.6. The van der Waals surface area contributed by atoms with E-state index in [1.54, 1.807) is 0 Å². The fourth-order valence-electron chi connectivity index (χ4n) is 3.49. The van der Waals surface area contributed by atoms with Crippen LogP contribution in [0.4, 0.5) is 0 Å². The highest BCUT2D eigenvalue weighted by atomic mass is 16.6. The van der Waals surface area contributed by atoms with Crippen molar-refractivity contribution in [1.82, 2.24) is 0 Å². The average Bonchev–Trinajstić information content (AvgIpc) is 3.04. The molecule has 102 valence electrons. The predicted molar refractivity (Wildman–Crippen MR) is 65.0 cm³/mol. The predicted octanol–water partition coefficient (Wildman–Crippen LogP) is 1.93. The minimum atomic E-state index is -1.42. The maximum Gasteiger partial charge on any atom is 0.341 e. The van der Waals surface area contributed by atoms with Crippen molar-refractivity contribution in [2.75, 3.05) is 0 Å². The molecule has 0 aromatic rings. The van der Waals surface area contributed by atoms with Crippen LogP contribution in [0, 0.1) is 0 Å². The molecule has 1 aliphatic heterocycles. The zero-order valence-electron chi connectivity index (χ0n) is 11.0. The van der Waals surface area contributed by atoms with E-state index < -0.39 is 17.2 Å². The summed E-state index contributed by atoms with van der Waals surface area (Å²) < 4.78 is 11.1. The summed E-state index contributed by atoms with van der Waals surface area (Å²) in [5.74, 6) is -0.459. The Bertz CT molecular complexity index is 350. The molecule has 0 spiro atoms. The molecule has 0 radical (unpaired) electrons. The van der Waals surface area contributed by atoms with E-state index in [0.29, 0.717) is 6.42 Å². The van der Waals surface area contributed by atoms with Crippen LogP contribution in [0.5, 0.6) is 0 Å². The zero-order chi connectivity index (χ0) is 12.8. The highest BCUT2D eigenvalue weighted by Crippen LogP contribution is 2.53. The molecule has 0 amide bonds. The number of carbonyl (C=O) groups is 1. The second-order valence-electron chi connectivity index (χ2n) is 6.13. The van der Waals surface area contributed by atoms with E-state index in [4.69, 9.17) is 9.47 Å². The molecule has 3 rings (SSSR count). The first kappa shape index (κ1) is 12.4. The zero-order valence-corrected chi connectivity index (χ0v) is 11.0. The molecule has 1 N–H and O–H groups in total. The van der Waals surface area contributed by atoms with E-state index >= 15 is 0 Å². The number of aliphatic hydroxyl groups is 1. The van der Waals surface area contributed by atoms with Gasteiger partial charge in [-0.15, -0.1) is 0 Å². The first-order chi connectivity index (χ1) is 8.56. The largest absolute Gasteiger partial charge is 0.460 e. The number of fused-ring (bicyclic) bond motifs is 1. The molecule has 1 heterocycles. The van der Waals surface area contributed by atoms with Gasteiger partial charge in [0.1, 0.15) is 11.7 Å². The van der Waals surface area contributed by atoms with Crippen LogP contribution in [0.2, 0.25) is 0 Å². The van der Waals surface area contributed by atoms with Crippen molar-refractivity contribution in [2.45, 2.75) is 81.7 Å². The third-order valence-electron chi connectivity index (χ3n) is 4.93. The minimum Gasteiger partial charge on any atom is -0.460 e. The van der Waals surface area contributed by atoms with Gasteiger partial charge in [-0.2, -0.15) is 0 Å². The van der Waals surface area contributed by atoms with Crippen LogP contribution < -0.4 is 0 Å². The Morgan fingerprint density at radius 1 is 1.22 bits per heavy atom. The van der Waals surface area contributed by atoms with Crippen LogP contribution in [0.1, 0.15) is 58.3 Å². The molecule has 4 nitrogen and oxygen atoms in total. The molecule has 3 unspecified atom stereocenters. The van der Waals surface area contributed by atoms with Crippen LogP contribution in [-0.2, 0) is 14.3 Å². The SMILES string of the molecule is CC12OC1CCCC2(O)C(=O)OC1CCCCC1. The van der Waals surface area contributed by atoms with Gasteiger partial charge in [0.2, 0.25) is 0 Å². The number of epoxide rings is 1. The van der Waals surface area contributed by atoms with Gasteiger partial charge in [0, 0.05) is 0 Å². The van der Waals surface area contributed by atoms with Crippen molar-refractivity contribution >= 4 is 5.97 Å². The first-order valence-corrected chi connectivity index (χ1v) is 7.17. The van der Waals surface area contributed by atoms with E-state index in [2.05, 4.69) is 0 Å². The number of carbonyl (C=O) groups excluding carboxylic acids is 1. The van der Waals surface area contributed by atoms with Gasteiger partial charge in [0.25, 0.3) is 0 Å². The Hall–Kier alpha value is -0.610. The van der Waals surface area contributed by atoms with Crippen molar-refractivity contribution in [3.63, 3.8) is 0 Å². The molecule has 2 saturated carbocycles. The van der Waals surface area contributed by atoms with Crippen LogP contribution in [0.3, 0.4) is 0 Å². The van der Waals surface area contributed by atoms with E-state index in [1.165, 1.54) is 6.42 Å². The van der Waals surface area contributed by atoms with Crippen LogP contribution in [0.15, 0.2) is 0 Å². The molecule has 18 heavy (non-hydrogen) atoms. The molecule has 4 heteroatoms. The number of hydrogen-bond donors (Lipinski definition) is 1. The Kier molecular flexibility index (Phi) is 2.90. The van der Waals surface area contributed by atoms with E-state index in [0.717, 1.165) is 38.5 Å². The second kappa shape index (κ2) is 4.20. The molecule has 3 atom stereocenters. The van der Waals surface area contributed by atoms with Crippen LogP contribution in [0.25, 0.3) is 0 Å². The van der Waals surface area contributed by atoms with Crippen molar-refractivity contribution < 1.29 is 19.4 Å². The van der Waals surface area contributed by atoms with Crippen LogP contribution >= 0.6 is 0 Å². The maximum absolute atomic E-state index is 12.3. The lowest BCUT2D eigenvalue weighted by atomic mass is 9.76. The van der Waals surface area contributed by atoms with E-state index in [1.807, 2.05) is 6.92 Å². The Morgan fingerprint density at radius 3 is 2.67 bits per heavy atom. The van der Waals surface area contributed by atoms with E-state index in [-0.39, 0.29) is 12.2 Å². The van der Waals surface area contributed by atoms with Crippen molar-refractivity contribution in [3.05, 3.63) is 0 Å². The number of ether oxygens (including phenoxy) is 2. The van der Waals surface area contributed by atoms with Gasteiger partial charge in [0.05, 0.1) is 6.10 Å². The Labute approximate surface area is 108 Å². The van der Waals surface area contributed by atoms with Gasteiger partial charge in [-0.05, 0) is 51.9 Å². The van der Waals surface area contributed by atoms with Crippen LogP contribution in [-0.4, -0.2) is 34.5 Å². The average molecular weight is 254 g/mol. The lowest BCUT2D eigenvalue weighted by Crippen LogP contribution is -2.55. The van der Waals surface area contributed by atoms with Gasteiger partial charge in [-0.25, -0.2) is 4.79 Å². The number of esters is 1. The third-order valence-corrected chi connectivity index (χ3v) is 4.93. The summed E-state index contributed by atoms with van der Waals surface area (Å²) in [4.78, 5) is 12.3. The normalized spacial score (nSPS) is 44.2. The fourth-order valence-corrected chi connectivity index (χ4v) is 3.49. The molecule has 3 aliphatic rings. The van der Waals surface area contributed by atoms with E-state index in [9.17, 15) is 9.90 Å². The van der Waals surface area contributed by atoms with Gasteiger partial charge in [-0.1, -0.05) is 6.42 Å². The lowest BCUT2D eigenvalue weighted by molar-refractivity contribution is -0.181. The molecule has 0 aromatic carbocycles. The number of rotatable bonds is 2. The van der Waals surface area contributed by atoms with Gasteiger partial charge in [-0.3, -0.25) is 0 Å². The summed E-state index contributed by atoms with van der Waals surface area (Å²) in [6.45, 7) is 1.83. The molecule has 3 fully saturated rings. The number of hydrogen-bond acceptors (Lipinski definition) is 4. The molecule has 1 saturated heterocycles. The summed E-state index contributed by atoms with van der Waals surface area (Å²) in [5.41, 5.74) is -2.12. The second-order valence-corrected chi connectivity index (χ2v) is 6.13. The Balaban J connectivity index is 1.67. The molecule has 2 aliphatic carbocycles. The smallest absolute Gasteiger partial charge is 0.341 e. The van der Waals surface area contributed by atoms with Gasteiger partial charge in [0.15, 0.2) is 5.60 Å². The van der Waals surface area contributed by atoms with Crippen molar-refractivity contribution in [3.8, 4) is 0 Å². The highest BCUT2D eigenvalue weighted by Gasteiger charge is 2.71. The van der Waals surface area contributed by atoms with Crippen molar-refractivity contribution in [1.29, 1.82) is 0 Å². The maximum atomic E-state index is 12.3. The highest BCUT2D eigenvalue weighted by molar-refractivity contribution is 5.82. The monoisotopic (exact) mass is 254 g/mol. The van der Waals surface area contributed by atoms with Gasteiger partial charge < -0.3 is 14.6 Å². The summed E-state index contributed by atoms with van der Waals surface area (Å²) in [7, 11) is 0. The summed E-state index contributed by atoms with van der Waals surface area (Å²) >= 11 is 0. The molecular formula is C14H22O4. The first-order valence-electron chi connectivity index (χ1n) is 7.17. The third kappa shape index (κ3) is 1.77. The standard InChI is InChI=1S/C14H22O4/c1-13-11(18-13)8-5-9-14(13,16)12(15)17-10-6-3-2-4-7-10/h10-11,16H,2-9H2,1H3. The molecule has 0 bridgehead atoms. The molecular weight excluding hydrogens is 232 g/mol. The molecule has 0 aromatic heterocycles. The quantitative estimate of drug-likeness (QED) is 0.604. The minimum absolute atomic E-state index is 0.00185. The lowest BCUT2D eigenvalue weighted by Gasteiger charge is -2.34. The van der Waals surface area contributed by atoms with Gasteiger partial charge >= 0.3 is 5.97 Å². The fraction of sp³-hybridized carbons (Fsp3) is 0.929.